The van der Waals surface area contributed by atoms with Gasteiger partial charge in [0.2, 0.25) is 11.9 Å². The lowest BCUT2D eigenvalue weighted by Crippen LogP contribution is -2.16. The number of carbonyl (C=O) groups excluding carboxylic acids is 1. The maximum Gasteiger partial charge on any atom is 0.238 e. The number of carbonyl (C=O) groups is 1. The molecule has 1 unspecified atom stereocenters. The summed E-state index contributed by atoms with van der Waals surface area (Å²) in [6, 6.07) is 15.7. The van der Waals surface area contributed by atoms with Crippen LogP contribution in [0.1, 0.15) is 65.5 Å². The summed E-state index contributed by atoms with van der Waals surface area (Å²) in [5.41, 5.74) is 11.3. The lowest BCUT2D eigenvalue weighted by atomic mass is 9.93. The quantitative estimate of drug-likeness (QED) is 0.456. The van der Waals surface area contributed by atoms with E-state index in [4.69, 9.17) is 5.73 Å². The topological polar surface area (TPSA) is 123 Å². The van der Waals surface area contributed by atoms with Gasteiger partial charge in [0.05, 0.1) is 22.7 Å². The molecule has 6 rings (SSSR count). The first-order chi connectivity index (χ1) is 17.1. The molecule has 35 heavy (non-hydrogen) atoms. The van der Waals surface area contributed by atoms with Crippen molar-refractivity contribution in [3.05, 3.63) is 76.6 Å². The van der Waals surface area contributed by atoms with Crippen molar-refractivity contribution < 1.29 is 4.79 Å². The summed E-state index contributed by atoms with van der Waals surface area (Å²) < 4.78 is 1.69. The number of anilines is 2. The molecule has 0 spiro atoms. The van der Waals surface area contributed by atoms with Crippen molar-refractivity contribution >= 4 is 40.9 Å². The molecule has 1 aliphatic carbocycles. The largest absolute Gasteiger partial charge is 0.368 e. The molecule has 1 aliphatic heterocycles. The van der Waals surface area contributed by atoms with E-state index in [9.17, 15) is 10.1 Å². The third-order valence-corrected chi connectivity index (χ3v) is 6.93. The van der Waals surface area contributed by atoms with E-state index in [2.05, 4.69) is 50.7 Å². The van der Waals surface area contributed by atoms with Crippen LogP contribution in [0.3, 0.4) is 0 Å². The van der Waals surface area contributed by atoms with Gasteiger partial charge in [0.1, 0.15) is 5.92 Å². The van der Waals surface area contributed by atoms with Crippen molar-refractivity contribution in [3.8, 4) is 6.07 Å². The van der Waals surface area contributed by atoms with Crippen LogP contribution in [0, 0.1) is 11.3 Å². The summed E-state index contributed by atoms with van der Waals surface area (Å²) in [4.78, 5) is 21.7. The van der Waals surface area contributed by atoms with Gasteiger partial charge >= 0.3 is 0 Å². The number of nitriles is 1. The number of nitrogens with one attached hydrogen (secondary N) is 1. The Balaban J connectivity index is 1.40. The molecule has 1 amide bonds. The van der Waals surface area contributed by atoms with Gasteiger partial charge in [-0.3, -0.25) is 4.79 Å². The number of aromatic nitrogens is 4. The van der Waals surface area contributed by atoms with Gasteiger partial charge in [-0.1, -0.05) is 37.1 Å². The molecule has 172 valence electrons. The summed E-state index contributed by atoms with van der Waals surface area (Å²) in [5, 5.41) is 17.4. The Labute approximate surface area is 202 Å². The second-order valence-electron chi connectivity index (χ2n) is 9.08. The lowest BCUT2D eigenvalue weighted by molar-refractivity contribution is -0.116. The highest BCUT2D eigenvalue weighted by molar-refractivity contribution is 6.06. The summed E-state index contributed by atoms with van der Waals surface area (Å²) in [6.45, 7) is 0. The predicted octanol–water partition coefficient (Wildman–Crippen LogP) is 4.65. The molecule has 8 heteroatoms. The van der Waals surface area contributed by atoms with Crippen LogP contribution in [0.4, 0.5) is 11.6 Å². The Morgan fingerprint density at radius 1 is 1.11 bits per heavy atom. The van der Waals surface area contributed by atoms with Crippen LogP contribution in [-0.2, 0) is 4.79 Å². The number of nitrogen functional groups attached to an aromatic ring is 1. The van der Waals surface area contributed by atoms with Crippen molar-refractivity contribution in [3.63, 3.8) is 0 Å². The molecule has 8 nitrogen and oxygen atoms in total. The normalized spacial score (nSPS) is 17.7. The zero-order valence-corrected chi connectivity index (χ0v) is 19.0. The Kier molecular flexibility index (Phi) is 5.03. The predicted molar refractivity (Wildman–Crippen MR) is 134 cm³/mol. The Bertz CT molecular complexity index is 1540. The van der Waals surface area contributed by atoms with Gasteiger partial charge in [0, 0.05) is 18.1 Å². The standard InChI is InChI=1S/C27H23N7O/c28-14-16-9-10-22-20(13-16)23(26(35)30-22)24-21-15-34(33-25(21)32-27(29)31-24)12-11-18-7-3-4-8-19(18)17-5-1-2-6-17/h3-4,7-13,15,17,23H,1-2,5-6H2,(H,30,35)(H2,29,32,33). The zero-order chi connectivity index (χ0) is 23.9. The molecule has 3 heterocycles. The molecule has 4 aromatic rings. The summed E-state index contributed by atoms with van der Waals surface area (Å²) in [6.07, 6.45) is 10.8. The maximum absolute atomic E-state index is 12.9. The first-order valence-electron chi connectivity index (χ1n) is 11.7. The van der Waals surface area contributed by atoms with E-state index in [0.717, 1.165) is 0 Å². The van der Waals surface area contributed by atoms with Crippen LogP contribution in [0.5, 0.6) is 0 Å². The average Bonchev–Trinajstić information content (AvgIpc) is 3.60. The molecular formula is C27H23N7O. The number of hydrogen-bond donors (Lipinski definition) is 2. The van der Waals surface area contributed by atoms with Crippen LogP contribution in [0.2, 0.25) is 0 Å². The molecule has 0 bridgehead atoms. The smallest absolute Gasteiger partial charge is 0.238 e. The number of rotatable bonds is 4. The van der Waals surface area contributed by atoms with Crippen molar-refractivity contribution in [2.45, 2.75) is 37.5 Å². The Morgan fingerprint density at radius 2 is 1.94 bits per heavy atom. The minimum Gasteiger partial charge on any atom is -0.368 e. The van der Waals surface area contributed by atoms with Crippen LogP contribution >= 0.6 is 0 Å². The minimum atomic E-state index is -0.698. The zero-order valence-electron chi connectivity index (χ0n) is 19.0. The van der Waals surface area contributed by atoms with Crippen LogP contribution in [-0.4, -0.2) is 25.7 Å². The molecule has 0 radical (unpaired) electrons. The van der Waals surface area contributed by atoms with Gasteiger partial charge in [0.25, 0.3) is 0 Å². The molecule has 1 fully saturated rings. The van der Waals surface area contributed by atoms with Crippen molar-refractivity contribution in [2.75, 3.05) is 11.1 Å². The monoisotopic (exact) mass is 461 g/mol. The number of benzene rings is 2. The molecule has 3 N–H and O–H groups in total. The van der Waals surface area contributed by atoms with E-state index in [1.165, 1.54) is 36.8 Å². The minimum absolute atomic E-state index is 0.0472. The summed E-state index contributed by atoms with van der Waals surface area (Å²) >= 11 is 0. The molecule has 0 saturated heterocycles. The van der Waals surface area contributed by atoms with Crippen LogP contribution in [0.25, 0.3) is 23.3 Å². The lowest BCUT2D eigenvalue weighted by Gasteiger charge is -2.12. The van der Waals surface area contributed by atoms with E-state index < -0.39 is 5.92 Å². The fraction of sp³-hybridized carbons (Fsp3) is 0.222. The molecule has 2 aromatic heterocycles. The number of nitrogens with zero attached hydrogens (tertiary/aromatic N) is 5. The fourth-order valence-electron chi connectivity index (χ4n) is 5.29. The number of hydrogen-bond acceptors (Lipinski definition) is 6. The van der Waals surface area contributed by atoms with E-state index in [0.29, 0.717) is 39.5 Å². The van der Waals surface area contributed by atoms with Gasteiger partial charge in [0.15, 0.2) is 5.65 Å². The highest BCUT2D eigenvalue weighted by Crippen LogP contribution is 2.39. The SMILES string of the molecule is N#Cc1ccc2c(c1)C(c1nc(N)nc3nn(C=Cc4ccccc4C4CCCC4)cc13)C(=O)N2. The van der Waals surface area contributed by atoms with Crippen LogP contribution < -0.4 is 11.1 Å². The van der Waals surface area contributed by atoms with Crippen molar-refractivity contribution in [1.29, 1.82) is 5.26 Å². The van der Waals surface area contributed by atoms with Crippen molar-refractivity contribution in [2.24, 2.45) is 0 Å². The third kappa shape index (κ3) is 3.71. The molecule has 1 atom stereocenters. The molecular weight excluding hydrogens is 438 g/mol. The van der Waals surface area contributed by atoms with E-state index in [1.807, 2.05) is 18.5 Å². The fourth-order valence-corrected chi connectivity index (χ4v) is 5.29. The van der Waals surface area contributed by atoms with Gasteiger partial charge < -0.3 is 11.1 Å². The molecule has 2 aromatic carbocycles. The summed E-state index contributed by atoms with van der Waals surface area (Å²) in [5.74, 6) is -0.269. The van der Waals surface area contributed by atoms with Crippen molar-refractivity contribution in [1.82, 2.24) is 19.7 Å². The molecule has 1 saturated carbocycles. The number of nitrogens with two attached hydrogens (primary N) is 1. The van der Waals surface area contributed by atoms with E-state index in [1.54, 1.807) is 22.9 Å². The Hall–Kier alpha value is -4.51. The van der Waals surface area contributed by atoms with Crippen LogP contribution in [0.15, 0.2) is 48.7 Å². The van der Waals surface area contributed by atoms with Gasteiger partial charge in [-0.25, -0.2) is 9.67 Å². The maximum atomic E-state index is 12.9. The summed E-state index contributed by atoms with van der Waals surface area (Å²) in [7, 11) is 0. The number of amides is 1. The Morgan fingerprint density at radius 3 is 2.77 bits per heavy atom. The average molecular weight is 462 g/mol. The van der Waals surface area contributed by atoms with Gasteiger partial charge in [-0.2, -0.15) is 10.2 Å². The first-order valence-corrected chi connectivity index (χ1v) is 11.7. The highest BCUT2D eigenvalue weighted by atomic mass is 16.2. The van der Waals surface area contributed by atoms with E-state index in [-0.39, 0.29) is 11.9 Å². The van der Waals surface area contributed by atoms with Gasteiger partial charge in [-0.15, -0.1) is 5.10 Å². The van der Waals surface area contributed by atoms with E-state index >= 15 is 0 Å². The second-order valence-corrected chi connectivity index (χ2v) is 9.08. The van der Waals surface area contributed by atoms with Gasteiger partial charge in [-0.05, 0) is 59.7 Å². The number of fused-ring (bicyclic) bond motifs is 2. The first kappa shape index (κ1) is 21.1. The third-order valence-electron chi connectivity index (χ3n) is 6.93. The second kappa shape index (κ2) is 8.37. The molecule has 2 aliphatic rings. The highest BCUT2D eigenvalue weighted by Gasteiger charge is 2.35.